The quantitative estimate of drug-likeness (QED) is 0.885. The van der Waals surface area contributed by atoms with E-state index in [-0.39, 0.29) is 17.9 Å². The lowest BCUT2D eigenvalue weighted by molar-refractivity contribution is -0.142. The van der Waals surface area contributed by atoms with Crippen LogP contribution in [0.25, 0.3) is 0 Å². The average molecular weight is 344 g/mol. The largest absolute Gasteiger partial charge is 0.356 e. The van der Waals surface area contributed by atoms with Crippen molar-refractivity contribution in [2.75, 3.05) is 19.6 Å². The van der Waals surface area contributed by atoms with E-state index in [0.717, 1.165) is 9.87 Å². The van der Waals surface area contributed by atoms with Gasteiger partial charge in [-0.2, -0.15) is 4.31 Å². The first-order valence-electron chi connectivity index (χ1n) is 7.38. The number of aryl methyl sites for hydroxylation is 1. The Bertz CT molecular complexity index is 734. The number of carbonyl (C=O) groups excluding carboxylic acids is 1. The molecule has 5 nitrogen and oxygen atoms in total. The third-order valence-electron chi connectivity index (χ3n) is 4.51. The van der Waals surface area contributed by atoms with Crippen molar-refractivity contribution in [1.29, 1.82) is 0 Å². The summed E-state index contributed by atoms with van der Waals surface area (Å²) in [5.74, 6) is -3.71. The molecule has 0 bridgehead atoms. The molecule has 1 N–H and O–H groups in total. The van der Waals surface area contributed by atoms with Gasteiger partial charge in [-0.05, 0) is 25.5 Å². The van der Waals surface area contributed by atoms with Crippen molar-refractivity contribution >= 4 is 15.9 Å². The molecular weight excluding hydrogens is 326 g/mol. The van der Waals surface area contributed by atoms with Gasteiger partial charge in [0.05, 0.1) is 16.9 Å². The number of carbonyl (C=O) groups is 1. The maximum atomic E-state index is 14.1. The van der Waals surface area contributed by atoms with Crippen molar-refractivity contribution in [2.45, 2.75) is 30.6 Å². The van der Waals surface area contributed by atoms with Crippen molar-refractivity contribution in [1.82, 2.24) is 9.62 Å². The molecule has 0 aromatic heterocycles. The van der Waals surface area contributed by atoms with E-state index in [1.54, 1.807) is 12.1 Å². The van der Waals surface area contributed by atoms with Gasteiger partial charge in [-0.3, -0.25) is 4.79 Å². The van der Waals surface area contributed by atoms with Crippen LogP contribution >= 0.6 is 0 Å². The third-order valence-corrected chi connectivity index (χ3v) is 6.32. The molecule has 3 rings (SSSR count). The van der Waals surface area contributed by atoms with E-state index in [4.69, 9.17) is 0 Å². The zero-order chi connectivity index (χ0) is 16.9. The summed E-state index contributed by atoms with van der Waals surface area (Å²) in [6.45, 7) is 1.01. The van der Waals surface area contributed by atoms with Crippen LogP contribution in [0, 0.1) is 12.3 Å². The average Bonchev–Trinajstić information content (AvgIpc) is 2.78. The van der Waals surface area contributed by atoms with Crippen molar-refractivity contribution in [2.24, 2.45) is 5.41 Å². The van der Waals surface area contributed by atoms with Crippen LogP contribution in [0.1, 0.15) is 18.4 Å². The second-order valence-corrected chi connectivity index (χ2v) is 8.34. The second kappa shape index (κ2) is 5.24. The monoisotopic (exact) mass is 344 g/mol. The number of nitrogens with zero attached hydrogens (tertiary/aromatic N) is 1. The first-order valence-corrected chi connectivity index (χ1v) is 8.82. The summed E-state index contributed by atoms with van der Waals surface area (Å²) in [4.78, 5) is 12.0. The molecule has 2 fully saturated rings. The molecule has 0 radical (unpaired) electrons. The Kier molecular flexibility index (Phi) is 3.72. The first kappa shape index (κ1) is 16.3. The number of rotatable bonds is 2. The number of amides is 1. The molecule has 2 heterocycles. The van der Waals surface area contributed by atoms with Crippen molar-refractivity contribution in [3.63, 3.8) is 0 Å². The van der Waals surface area contributed by atoms with Crippen LogP contribution < -0.4 is 5.32 Å². The number of hydrogen-bond acceptors (Lipinski definition) is 3. The van der Waals surface area contributed by atoms with Crippen LogP contribution in [0.3, 0.4) is 0 Å². The normalized spacial score (nSPS) is 28.0. The number of sulfonamides is 1. The Morgan fingerprint density at radius 2 is 1.83 bits per heavy atom. The zero-order valence-electron chi connectivity index (χ0n) is 12.7. The van der Waals surface area contributed by atoms with E-state index in [0.29, 0.717) is 6.54 Å². The van der Waals surface area contributed by atoms with Gasteiger partial charge >= 0.3 is 0 Å². The molecule has 1 amide bonds. The highest BCUT2D eigenvalue weighted by Crippen LogP contribution is 2.44. The van der Waals surface area contributed by atoms with E-state index < -0.39 is 40.2 Å². The summed E-state index contributed by atoms with van der Waals surface area (Å²) >= 11 is 0. The van der Waals surface area contributed by atoms with Crippen molar-refractivity contribution < 1.29 is 22.0 Å². The number of halogens is 2. The van der Waals surface area contributed by atoms with E-state index in [1.807, 2.05) is 6.92 Å². The Balaban J connectivity index is 1.98. The van der Waals surface area contributed by atoms with Gasteiger partial charge in [-0.15, -0.1) is 0 Å². The maximum absolute atomic E-state index is 14.1. The molecular formula is C15H18F2N2O3S. The molecule has 1 aromatic carbocycles. The Morgan fingerprint density at radius 3 is 2.39 bits per heavy atom. The molecule has 1 aromatic rings. The molecule has 126 valence electrons. The topological polar surface area (TPSA) is 66.5 Å². The molecule has 0 saturated carbocycles. The summed E-state index contributed by atoms with van der Waals surface area (Å²) in [7, 11) is -4.06. The predicted octanol–water partition coefficient (Wildman–Crippen LogP) is 1.53. The number of nitrogens with one attached hydrogen (secondary N) is 1. The molecule has 2 aliphatic rings. The number of hydrogen-bond donors (Lipinski definition) is 1. The minimum atomic E-state index is -4.06. The van der Waals surface area contributed by atoms with Crippen LogP contribution in [0.2, 0.25) is 0 Å². The molecule has 2 saturated heterocycles. The smallest absolute Gasteiger partial charge is 0.262 e. The summed E-state index contributed by atoms with van der Waals surface area (Å²) in [6.07, 6.45) is -0.382. The van der Waals surface area contributed by atoms with Crippen LogP contribution in [0.4, 0.5) is 8.78 Å². The van der Waals surface area contributed by atoms with Gasteiger partial charge in [0.1, 0.15) is 0 Å². The van der Waals surface area contributed by atoms with E-state index in [9.17, 15) is 22.0 Å². The van der Waals surface area contributed by atoms with Crippen molar-refractivity contribution in [3.8, 4) is 0 Å². The fraction of sp³-hybridized carbons (Fsp3) is 0.533. The van der Waals surface area contributed by atoms with Gasteiger partial charge in [-0.1, -0.05) is 17.7 Å². The number of alkyl halides is 2. The molecule has 1 spiro atoms. The fourth-order valence-corrected chi connectivity index (χ4v) is 4.88. The zero-order valence-corrected chi connectivity index (χ0v) is 13.5. The van der Waals surface area contributed by atoms with Crippen LogP contribution in [0.15, 0.2) is 29.2 Å². The van der Waals surface area contributed by atoms with Crippen LogP contribution in [-0.2, 0) is 14.8 Å². The van der Waals surface area contributed by atoms with Gasteiger partial charge in [0.25, 0.3) is 5.92 Å². The molecule has 0 aliphatic carbocycles. The van der Waals surface area contributed by atoms with Gasteiger partial charge in [0, 0.05) is 19.5 Å². The minimum Gasteiger partial charge on any atom is -0.356 e. The third kappa shape index (κ3) is 2.85. The molecule has 1 unspecified atom stereocenters. The minimum absolute atomic E-state index is 0.0330. The van der Waals surface area contributed by atoms with Gasteiger partial charge < -0.3 is 5.32 Å². The predicted molar refractivity (Wildman–Crippen MR) is 79.6 cm³/mol. The first-order chi connectivity index (χ1) is 10.6. The van der Waals surface area contributed by atoms with E-state index in [2.05, 4.69) is 5.32 Å². The maximum Gasteiger partial charge on any atom is 0.262 e. The van der Waals surface area contributed by atoms with E-state index in [1.165, 1.54) is 12.1 Å². The summed E-state index contributed by atoms with van der Waals surface area (Å²) in [5, 5.41) is 2.54. The lowest BCUT2D eigenvalue weighted by atomic mass is 9.78. The van der Waals surface area contributed by atoms with Crippen LogP contribution in [-0.4, -0.2) is 44.2 Å². The van der Waals surface area contributed by atoms with Gasteiger partial charge in [-0.25, -0.2) is 17.2 Å². The molecule has 1 atom stereocenters. The lowest BCUT2D eigenvalue weighted by Crippen LogP contribution is -2.56. The Hall–Kier alpha value is -1.54. The summed E-state index contributed by atoms with van der Waals surface area (Å²) < 4.78 is 54.4. The highest BCUT2D eigenvalue weighted by molar-refractivity contribution is 7.89. The number of piperidine rings is 1. The number of benzene rings is 1. The second-order valence-electron chi connectivity index (χ2n) is 6.41. The standard InChI is InChI=1S/C15H18F2N2O3S/c1-11-2-4-12(5-3-11)23(21,22)19-9-14(6-7-18-13(14)20)8-15(16,17)10-19/h2-5H,6-10H2,1H3,(H,18,20). The summed E-state index contributed by atoms with van der Waals surface area (Å²) in [6, 6.07) is 6.04. The Labute approximate surface area is 133 Å². The van der Waals surface area contributed by atoms with E-state index >= 15 is 0 Å². The fourth-order valence-electron chi connectivity index (χ4n) is 3.32. The molecule has 8 heteroatoms. The van der Waals surface area contributed by atoms with Gasteiger partial charge in [0.2, 0.25) is 15.9 Å². The van der Waals surface area contributed by atoms with Crippen molar-refractivity contribution in [3.05, 3.63) is 29.8 Å². The SMILES string of the molecule is Cc1ccc(S(=O)(=O)N2CC(F)(F)CC3(CCNC3=O)C2)cc1. The Morgan fingerprint density at radius 1 is 1.17 bits per heavy atom. The molecule has 23 heavy (non-hydrogen) atoms. The van der Waals surface area contributed by atoms with Crippen LogP contribution in [0.5, 0.6) is 0 Å². The highest BCUT2D eigenvalue weighted by Gasteiger charge is 2.57. The lowest BCUT2D eigenvalue weighted by Gasteiger charge is -2.41. The summed E-state index contributed by atoms with van der Waals surface area (Å²) in [5.41, 5.74) is -0.459. The highest BCUT2D eigenvalue weighted by atomic mass is 32.2. The molecule has 2 aliphatic heterocycles. The van der Waals surface area contributed by atoms with Gasteiger partial charge in [0.15, 0.2) is 0 Å².